The molecule has 0 saturated carbocycles. The molecule has 3 heterocycles. The molecular formula is C31H32ClN5OS. The highest BCUT2D eigenvalue weighted by molar-refractivity contribution is 7.80. The number of carbonyl (C=O) groups excluding carboxylic acids is 1. The first-order valence-corrected chi connectivity index (χ1v) is 13.8. The zero-order chi connectivity index (χ0) is 27.7. The summed E-state index contributed by atoms with van der Waals surface area (Å²) in [6.07, 6.45) is 2.10. The van der Waals surface area contributed by atoms with Gasteiger partial charge in [-0.05, 0) is 99.1 Å². The molecule has 2 N–H and O–H groups in total. The number of anilines is 1. The number of halogens is 1. The summed E-state index contributed by atoms with van der Waals surface area (Å²) < 4.78 is 2.25. The van der Waals surface area contributed by atoms with Crippen LogP contribution in [0.5, 0.6) is 0 Å². The van der Waals surface area contributed by atoms with Crippen LogP contribution in [0.4, 0.5) is 5.69 Å². The minimum Gasteiger partial charge on any atom is -0.352 e. The third-order valence-corrected chi connectivity index (χ3v) is 7.87. The van der Waals surface area contributed by atoms with E-state index in [-0.39, 0.29) is 18.0 Å². The second kappa shape index (κ2) is 11.2. The summed E-state index contributed by atoms with van der Waals surface area (Å²) in [7, 11) is 0. The van der Waals surface area contributed by atoms with Gasteiger partial charge in [0.15, 0.2) is 5.11 Å². The van der Waals surface area contributed by atoms with Gasteiger partial charge in [-0.15, -0.1) is 0 Å². The lowest BCUT2D eigenvalue weighted by Gasteiger charge is -2.28. The predicted octanol–water partition coefficient (Wildman–Crippen LogP) is 6.76. The average molecular weight is 558 g/mol. The van der Waals surface area contributed by atoms with Crippen molar-refractivity contribution in [3.05, 3.63) is 112 Å². The van der Waals surface area contributed by atoms with Gasteiger partial charge >= 0.3 is 0 Å². The highest BCUT2D eigenvalue weighted by Crippen LogP contribution is 2.41. The van der Waals surface area contributed by atoms with E-state index in [2.05, 4.69) is 51.9 Å². The maximum absolute atomic E-state index is 12.9. The summed E-state index contributed by atoms with van der Waals surface area (Å²) in [4.78, 5) is 19.7. The molecule has 0 bridgehead atoms. The number of benzene rings is 2. The topological polar surface area (TPSA) is 62.2 Å². The molecule has 1 fully saturated rings. The summed E-state index contributed by atoms with van der Waals surface area (Å²) in [5, 5.41) is 7.83. The Hall–Kier alpha value is -3.68. The van der Waals surface area contributed by atoms with Gasteiger partial charge in [0.05, 0.1) is 17.8 Å². The molecule has 5 rings (SSSR count). The Balaban J connectivity index is 1.49. The number of hydrogen-bond acceptors (Lipinski definition) is 3. The van der Waals surface area contributed by atoms with Crippen LogP contribution in [0.15, 0.2) is 72.9 Å². The second-order valence-electron chi connectivity index (χ2n) is 10.1. The Labute approximate surface area is 240 Å². The first-order chi connectivity index (χ1) is 18.7. The van der Waals surface area contributed by atoms with Gasteiger partial charge < -0.3 is 20.1 Å². The molecule has 0 unspecified atom stereocenters. The summed E-state index contributed by atoms with van der Waals surface area (Å²) >= 11 is 12.2. The van der Waals surface area contributed by atoms with Crippen molar-refractivity contribution in [3.63, 3.8) is 0 Å². The number of amides is 1. The second-order valence-corrected chi connectivity index (χ2v) is 10.9. The molecule has 2 aromatic heterocycles. The first kappa shape index (κ1) is 26.9. The number of nitrogens with zero attached hydrogens (tertiary/aromatic N) is 3. The molecule has 0 spiro atoms. The van der Waals surface area contributed by atoms with Crippen LogP contribution in [-0.4, -0.2) is 32.0 Å². The van der Waals surface area contributed by atoms with Crippen molar-refractivity contribution in [3.8, 4) is 5.69 Å². The number of hydrogen-bond donors (Lipinski definition) is 2. The maximum Gasteiger partial charge on any atom is 0.226 e. The summed E-state index contributed by atoms with van der Waals surface area (Å²) in [5.74, 6) is -0.0524. The molecule has 0 aliphatic carbocycles. The Kier molecular flexibility index (Phi) is 7.73. The smallest absolute Gasteiger partial charge is 0.226 e. The minimum atomic E-state index is -0.159. The quantitative estimate of drug-likeness (QED) is 0.246. The van der Waals surface area contributed by atoms with Crippen LogP contribution in [0.3, 0.4) is 0 Å². The lowest BCUT2D eigenvalue weighted by molar-refractivity contribution is -0.116. The molecule has 2 aromatic carbocycles. The van der Waals surface area contributed by atoms with Crippen LogP contribution < -0.4 is 10.6 Å². The van der Waals surface area contributed by atoms with Crippen molar-refractivity contribution in [1.29, 1.82) is 0 Å². The molecule has 1 saturated heterocycles. The zero-order valence-corrected chi connectivity index (χ0v) is 24.1. The van der Waals surface area contributed by atoms with Crippen molar-refractivity contribution in [2.75, 3.05) is 11.9 Å². The van der Waals surface area contributed by atoms with Crippen LogP contribution in [0.1, 0.15) is 52.3 Å². The van der Waals surface area contributed by atoms with E-state index < -0.39 is 0 Å². The Morgan fingerprint density at radius 3 is 2.62 bits per heavy atom. The Bertz CT molecular complexity index is 1530. The van der Waals surface area contributed by atoms with E-state index in [1.54, 1.807) is 6.20 Å². The van der Waals surface area contributed by atoms with Crippen LogP contribution in [0.2, 0.25) is 5.02 Å². The fourth-order valence-corrected chi connectivity index (χ4v) is 5.93. The molecular weight excluding hydrogens is 526 g/mol. The SMILES string of the molecule is Cc1cccc(NC(=O)CCN2C(=S)N[C@@H](c3ccccn3)[C@@H]2c2cc(C)n(-c3cc(Cl)ccc3C)c2C)c1. The molecule has 39 heavy (non-hydrogen) atoms. The average Bonchev–Trinajstić information content (AvgIpc) is 3.39. The fraction of sp³-hybridized carbons (Fsp3) is 0.258. The first-order valence-electron chi connectivity index (χ1n) is 13.0. The van der Waals surface area contributed by atoms with Crippen LogP contribution in [-0.2, 0) is 4.79 Å². The molecule has 1 amide bonds. The summed E-state index contributed by atoms with van der Waals surface area (Å²) in [5.41, 5.74) is 8.32. The number of pyridine rings is 1. The van der Waals surface area contributed by atoms with Crippen LogP contribution >= 0.6 is 23.8 Å². The van der Waals surface area contributed by atoms with E-state index in [0.717, 1.165) is 45.1 Å². The highest BCUT2D eigenvalue weighted by Gasteiger charge is 2.41. The number of rotatable bonds is 7. The number of nitrogens with one attached hydrogen (secondary N) is 2. The third-order valence-electron chi connectivity index (χ3n) is 7.28. The van der Waals surface area contributed by atoms with Crippen molar-refractivity contribution in [2.45, 2.75) is 46.2 Å². The van der Waals surface area contributed by atoms with Crippen molar-refractivity contribution >= 4 is 40.5 Å². The lowest BCUT2D eigenvalue weighted by Crippen LogP contribution is -2.32. The van der Waals surface area contributed by atoms with Gasteiger partial charge in [0.2, 0.25) is 5.91 Å². The molecule has 2 atom stereocenters. The minimum absolute atomic E-state index is 0.0524. The molecule has 1 aliphatic rings. The monoisotopic (exact) mass is 557 g/mol. The van der Waals surface area contributed by atoms with E-state index in [0.29, 0.717) is 23.1 Å². The van der Waals surface area contributed by atoms with Crippen LogP contribution in [0.25, 0.3) is 5.69 Å². The molecule has 8 heteroatoms. The molecule has 1 aliphatic heterocycles. The number of aryl methyl sites for hydroxylation is 3. The zero-order valence-electron chi connectivity index (χ0n) is 22.5. The lowest BCUT2D eigenvalue weighted by atomic mass is 9.96. The molecule has 0 radical (unpaired) electrons. The van der Waals surface area contributed by atoms with Gasteiger partial charge in [0.25, 0.3) is 0 Å². The summed E-state index contributed by atoms with van der Waals surface area (Å²) in [6, 6.07) is 21.6. The summed E-state index contributed by atoms with van der Waals surface area (Å²) in [6.45, 7) is 8.80. The number of carbonyl (C=O) groups is 1. The van der Waals surface area contributed by atoms with Gasteiger partial charge in [0.1, 0.15) is 0 Å². The van der Waals surface area contributed by atoms with E-state index >= 15 is 0 Å². The van der Waals surface area contributed by atoms with Crippen molar-refractivity contribution in [1.82, 2.24) is 19.8 Å². The van der Waals surface area contributed by atoms with E-state index in [9.17, 15) is 4.79 Å². The highest BCUT2D eigenvalue weighted by atomic mass is 35.5. The van der Waals surface area contributed by atoms with Gasteiger partial charge in [0, 0.05) is 46.9 Å². The largest absolute Gasteiger partial charge is 0.352 e. The van der Waals surface area contributed by atoms with Gasteiger partial charge in [-0.25, -0.2) is 0 Å². The number of aromatic nitrogens is 2. The van der Waals surface area contributed by atoms with E-state index in [1.807, 2.05) is 67.6 Å². The van der Waals surface area contributed by atoms with E-state index in [1.165, 1.54) is 0 Å². The standard InChI is InChI=1S/C31H32ClN5OS/c1-19-8-7-9-24(16-19)34-28(38)13-15-36-30(29(35-31(36)39)26-10-5-6-14-33-26)25-17-21(3)37(22(25)4)27-18-23(32)12-11-20(27)2/h5-12,14,16-18,29-30H,13,15H2,1-4H3,(H,34,38)(H,35,39)/t29-,30-/m0/s1. The van der Waals surface area contributed by atoms with Crippen LogP contribution in [0, 0.1) is 27.7 Å². The van der Waals surface area contributed by atoms with Crippen molar-refractivity contribution in [2.24, 2.45) is 0 Å². The Morgan fingerprint density at radius 1 is 1.05 bits per heavy atom. The molecule has 200 valence electrons. The molecule has 6 nitrogen and oxygen atoms in total. The van der Waals surface area contributed by atoms with Crippen molar-refractivity contribution < 1.29 is 4.79 Å². The third kappa shape index (κ3) is 5.56. The fourth-order valence-electron chi connectivity index (χ4n) is 5.43. The predicted molar refractivity (Wildman–Crippen MR) is 162 cm³/mol. The Morgan fingerprint density at radius 2 is 1.87 bits per heavy atom. The van der Waals surface area contributed by atoms with Gasteiger partial charge in [-0.1, -0.05) is 35.9 Å². The van der Waals surface area contributed by atoms with Gasteiger partial charge in [-0.3, -0.25) is 9.78 Å². The van der Waals surface area contributed by atoms with Gasteiger partial charge in [-0.2, -0.15) is 0 Å². The normalized spacial score (nSPS) is 16.8. The van der Waals surface area contributed by atoms with E-state index in [4.69, 9.17) is 23.8 Å². The maximum atomic E-state index is 12.9. The molecule has 4 aromatic rings. The number of thiocarbonyl (C=S) groups is 1.